The van der Waals surface area contributed by atoms with Crippen LogP contribution in [0, 0.1) is 11.3 Å². The minimum Gasteiger partial charge on any atom is -0.461 e. The van der Waals surface area contributed by atoms with E-state index in [4.69, 9.17) is 4.74 Å². The fourth-order valence-corrected chi connectivity index (χ4v) is 3.58. The Hall–Kier alpha value is -1.30. The van der Waals surface area contributed by atoms with Crippen LogP contribution in [0.5, 0.6) is 0 Å². The van der Waals surface area contributed by atoms with Crippen LogP contribution in [-0.2, 0) is 9.53 Å². The zero-order valence-corrected chi connectivity index (χ0v) is 12.6. The molecule has 0 aromatic heterocycles. The minimum atomic E-state index is -0.173. The summed E-state index contributed by atoms with van der Waals surface area (Å²) in [5.41, 5.74) is 4.45. The molecule has 1 N–H and O–H groups in total. The predicted octanol–water partition coefficient (Wildman–Crippen LogP) is 2.30. The summed E-state index contributed by atoms with van der Waals surface area (Å²) in [5.74, 6) is 0.858. The summed E-state index contributed by atoms with van der Waals surface area (Å²) in [4.78, 5) is 16.1. The summed E-state index contributed by atoms with van der Waals surface area (Å²) >= 11 is 1.30. The third kappa shape index (κ3) is 2.26. The molecular formula is C14H19N3O2S. The molecule has 3 atom stereocenters. The lowest BCUT2D eigenvalue weighted by atomic mass is 9.47. The van der Waals surface area contributed by atoms with E-state index in [1.54, 1.807) is 0 Å². The van der Waals surface area contributed by atoms with Crippen molar-refractivity contribution in [3.05, 3.63) is 12.3 Å². The second-order valence-corrected chi connectivity index (χ2v) is 6.88. The van der Waals surface area contributed by atoms with E-state index < -0.39 is 0 Å². The number of hydrogen-bond donors (Lipinski definition) is 1. The molecule has 0 aromatic rings. The number of carbonyl (C=O) groups is 1. The van der Waals surface area contributed by atoms with Gasteiger partial charge in [0.2, 0.25) is 0 Å². The summed E-state index contributed by atoms with van der Waals surface area (Å²) < 4.78 is 5.56. The Morgan fingerprint density at radius 1 is 1.65 bits per heavy atom. The average molecular weight is 293 g/mol. The van der Waals surface area contributed by atoms with Gasteiger partial charge < -0.3 is 4.74 Å². The first-order valence-corrected chi connectivity index (χ1v) is 7.88. The van der Waals surface area contributed by atoms with Crippen molar-refractivity contribution >= 4 is 28.6 Å². The van der Waals surface area contributed by atoms with E-state index in [2.05, 4.69) is 29.0 Å². The maximum Gasteiger partial charge on any atom is 0.316 e. The largest absolute Gasteiger partial charge is 0.461 e. The highest BCUT2D eigenvalue weighted by Crippen LogP contribution is 2.61. The molecule has 0 unspecified atom stereocenters. The summed E-state index contributed by atoms with van der Waals surface area (Å²) in [6.07, 6.45) is 3.63. The quantitative estimate of drug-likeness (QED) is 0.811. The van der Waals surface area contributed by atoms with Crippen LogP contribution >= 0.6 is 11.8 Å². The van der Waals surface area contributed by atoms with E-state index >= 15 is 0 Å². The third-order valence-electron chi connectivity index (χ3n) is 4.77. The van der Waals surface area contributed by atoms with Gasteiger partial charge >= 0.3 is 5.97 Å². The van der Waals surface area contributed by atoms with E-state index in [-0.39, 0.29) is 23.2 Å². The van der Waals surface area contributed by atoms with E-state index in [1.807, 2.05) is 6.92 Å². The molecule has 0 spiro atoms. The van der Waals surface area contributed by atoms with Crippen LogP contribution < -0.4 is 5.43 Å². The van der Waals surface area contributed by atoms with Crippen LogP contribution in [0.4, 0.5) is 0 Å². The number of ether oxygens (including phenoxy) is 1. The van der Waals surface area contributed by atoms with Gasteiger partial charge in [-0.3, -0.25) is 10.2 Å². The smallest absolute Gasteiger partial charge is 0.316 e. The Bertz CT molecular complexity index is 529. The molecule has 0 bridgehead atoms. The van der Waals surface area contributed by atoms with Crippen molar-refractivity contribution in [1.29, 1.82) is 0 Å². The number of nitrogens with one attached hydrogen (secondary N) is 1. The highest BCUT2D eigenvalue weighted by Gasteiger charge is 2.59. The van der Waals surface area contributed by atoms with Crippen molar-refractivity contribution in [2.75, 3.05) is 5.75 Å². The van der Waals surface area contributed by atoms with E-state index in [9.17, 15) is 4.79 Å². The van der Waals surface area contributed by atoms with E-state index in [0.29, 0.717) is 10.9 Å². The van der Waals surface area contributed by atoms with Gasteiger partial charge in [-0.15, -0.1) is 0 Å². The molecule has 0 radical (unpaired) electrons. The number of esters is 1. The number of amidine groups is 1. The lowest BCUT2D eigenvalue weighted by Crippen LogP contribution is -2.59. The second-order valence-electron chi connectivity index (χ2n) is 5.92. The number of fused-ring (bicyclic) bond motifs is 1. The average Bonchev–Trinajstić information content (AvgIpc) is 2.43. The number of allylic oxidation sites excluding steroid dienone is 1. The maximum absolute atomic E-state index is 11.9. The van der Waals surface area contributed by atoms with Crippen molar-refractivity contribution in [2.45, 2.75) is 39.2 Å². The standard InChI is InChI=1S/C14H19N3O2S/c1-8-9(2)16-17-13(15-8)20-7-12(18)19-11-6-10-4-5-14(10,11)3/h10-11H,1,4-7H2,2-3H3,(H,15,17)/t10-,11+,14+/m0/s1. The number of carbonyl (C=O) groups excluding carboxylic acids is 1. The summed E-state index contributed by atoms with van der Waals surface area (Å²) in [6.45, 7) is 7.85. The van der Waals surface area contributed by atoms with Crippen LogP contribution in [0.25, 0.3) is 0 Å². The van der Waals surface area contributed by atoms with Gasteiger partial charge in [0.05, 0.1) is 17.2 Å². The Morgan fingerprint density at radius 3 is 3.00 bits per heavy atom. The normalized spacial score (nSPS) is 34.8. The molecule has 1 aliphatic heterocycles. The summed E-state index contributed by atoms with van der Waals surface area (Å²) in [6, 6.07) is 0. The first-order chi connectivity index (χ1) is 9.49. The summed E-state index contributed by atoms with van der Waals surface area (Å²) in [5, 5.41) is 4.66. The molecule has 1 heterocycles. The molecular weight excluding hydrogens is 274 g/mol. The zero-order chi connectivity index (χ0) is 14.3. The van der Waals surface area contributed by atoms with Gasteiger partial charge in [-0.05, 0) is 32.1 Å². The highest BCUT2D eigenvalue weighted by molar-refractivity contribution is 8.14. The van der Waals surface area contributed by atoms with Gasteiger partial charge in [0, 0.05) is 5.41 Å². The molecule has 0 aromatic carbocycles. The van der Waals surface area contributed by atoms with Crippen molar-refractivity contribution in [3.8, 4) is 0 Å². The first kappa shape index (κ1) is 13.7. The molecule has 5 nitrogen and oxygen atoms in total. The van der Waals surface area contributed by atoms with E-state index in [1.165, 1.54) is 24.6 Å². The monoisotopic (exact) mass is 293 g/mol. The molecule has 2 saturated carbocycles. The Balaban J connectivity index is 1.44. The number of rotatable bonds is 3. The Kier molecular flexibility index (Phi) is 3.36. The fourth-order valence-electron chi connectivity index (χ4n) is 2.97. The first-order valence-electron chi connectivity index (χ1n) is 6.89. The maximum atomic E-state index is 11.9. The molecule has 20 heavy (non-hydrogen) atoms. The van der Waals surface area contributed by atoms with Gasteiger partial charge in [0.15, 0.2) is 5.17 Å². The third-order valence-corrected chi connectivity index (χ3v) is 5.61. The number of nitrogens with zero attached hydrogens (tertiary/aromatic N) is 2. The van der Waals surface area contributed by atoms with Crippen LogP contribution in [-0.4, -0.2) is 28.7 Å². The SMILES string of the molecule is C=C1N=C(SCC(=O)O[C@@H]2C[C@@H]3CC[C@]32C)NN=C1C. The number of hydrogen-bond acceptors (Lipinski definition) is 6. The van der Waals surface area contributed by atoms with Gasteiger partial charge in [-0.25, -0.2) is 4.99 Å². The second kappa shape index (κ2) is 4.91. The molecule has 2 fully saturated rings. The molecule has 108 valence electrons. The zero-order valence-electron chi connectivity index (χ0n) is 11.8. The van der Waals surface area contributed by atoms with Crippen LogP contribution in [0.15, 0.2) is 22.4 Å². The molecule has 3 rings (SSSR count). The molecule has 2 aliphatic carbocycles. The van der Waals surface area contributed by atoms with Gasteiger partial charge in [0.1, 0.15) is 6.10 Å². The van der Waals surface area contributed by atoms with Crippen LogP contribution in [0.1, 0.15) is 33.1 Å². The Morgan fingerprint density at radius 2 is 2.45 bits per heavy atom. The summed E-state index contributed by atoms with van der Waals surface area (Å²) in [7, 11) is 0. The van der Waals surface area contributed by atoms with Crippen molar-refractivity contribution in [2.24, 2.45) is 21.4 Å². The molecule has 6 heteroatoms. The predicted molar refractivity (Wildman–Crippen MR) is 80.6 cm³/mol. The fraction of sp³-hybridized carbons (Fsp3) is 0.643. The van der Waals surface area contributed by atoms with Crippen LogP contribution in [0.3, 0.4) is 0 Å². The lowest BCUT2D eigenvalue weighted by molar-refractivity contribution is -0.205. The number of thioether (sulfide) groups is 1. The van der Waals surface area contributed by atoms with Crippen molar-refractivity contribution < 1.29 is 9.53 Å². The van der Waals surface area contributed by atoms with Crippen molar-refractivity contribution in [1.82, 2.24) is 5.43 Å². The highest BCUT2D eigenvalue weighted by atomic mass is 32.2. The molecule has 3 aliphatic rings. The van der Waals surface area contributed by atoms with Gasteiger partial charge in [-0.2, -0.15) is 5.10 Å². The molecule has 0 amide bonds. The Labute approximate surface area is 122 Å². The van der Waals surface area contributed by atoms with Gasteiger partial charge in [0.25, 0.3) is 0 Å². The van der Waals surface area contributed by atoms with Crippen molar-refractivity contribution in [3.63, 3.8) is 0 Å². The number of hydrazone groups is 1. The lowest BCUT2D eigenvalue weighted by Gasteiger charge is -2.61. The minimum absolute atomic E-state index is 0.117. The molecule has 0 saturated heterocycles. The van der Waals surface area contributed by atoms with Crippen LogP contribution in [0.2, 0.25) is 0 Å². The van der Waals surface area contributed by atoms with Gasteiger partial charge in [-0.1, -0.05) is 25.3 Å². The number of aliphatic imine (C=N–C) groups is 1. The topological polar surface area (TPSA) is 63.0 Å². The van der Waals surface area contributed by atoms with E-state index in [0.717, 1.165) is 18.1 Å².